The third-order valence-electron chi connectivity index (χ3n) is 3.63. The summed E-state index contributed by atoms with van der Waals surface area (Å²) in [5, 5.41) is 14.3. The number of aromatic nitrogens is 2. The Morgan fingerprint density at radius 3 is 2.61 bits per heavy atom. The Bertz CT molecular complexity index is 447. The van der Waals surface area contributed by atoms with E-state index in [4.69, 9.17) is 0 Å². The summed E-state index contributed by atoms with van der Waals surface area (Å²) in [5.74, 6) is -0.0258. The van der Waals surface area contributed by atoms with E-state index >= 15 is 0 Å². The normalized spacial score (nSPS) is 17.7. The van der Waals surface area contributed by atoms with Crippen molar-refractivity contribution in [1.29, 1.82) is 0 Å². The lowest BCUT2D eigenvalue weighted by Gasteiger charge is -2.45. The van der Waals surface area contributed by atoms with Gasteiger partial charge in [-0.1, -0.05) is 13.8 Å². The molecule has 1 aromatic heterocycles. The molecule has 0 bridgehead atoms. The summed E-state index contributed by atoms with van der Waals surface area (Å²) in [6, 6.07) is 1.86. The molecule has 0 radical (unpaired) electrons. The maximum atomic E-state index is 12.3. The van der Waals surface area contributed by atoms with Crippen LogP contribution in [0.1, 0.15) is 43.4 Å². The van der Waals surface area contributed by atoms with Crippen LogP contribution in [-0.2, 0) is 13.0 Å². The van der Waals surface area contributed by atoms with Crippen LogP contribution in [0.2, 0.25) is 0 Å². The van der Waals surface area contributed by atoms with Gasteiger partial charge in [-0.05, 0) is 25.8 Å². The first-order valence-electron chi connectivity index (χ1n) is 6.61. The Kier molecular flexibility index (Phi) is 3.43. The van der Waals surface area contributed by atoms with E-state index in [1.54, 1.807) is 9.58 Å². The van der Waals surface area contributed by atoms with Gasteiger partial charge in [0.15, 0.2) is 0 Å². The van der Waals surface area contributed by atoms with Crippen molar-refractivity contribution in [3.05, 3.63) is 17.5 Å². The molecule has 0 aliphatic carbocycles. The molecule has 1 N–H and O–H groups in total. The number of likely N-dealkylation sites (tertiary alicyclic amines) is 1. The SMILES string of the molecule is CCc1cc(C(=O)N2CC(O)(CC)C2)n(CC)n1. The van der Waals surface area contributed by atoms with E-state index < -0.39 is 5.60 Å². The summed E-state index contributed by atoms with van der Waals surface area (Å²) < 4.78 is 1.74. The second-order valence-electron chi connectivity index (χ2n) is 4.93. The van der Waals surface area contributed by atoms with Gasteiger partial charge in [0.25, 0.3) is 5.91 Å². The van der Waals surface area contributed by atoms with Crippen LogP contribution in [0.25, 0.3) is 0 Å². The van der Waals surface area contributed by atoms with Crippen LogP contribution in [-0.4, -0.2) is 44.4 Å². The maximum absolute atomic E-state index is 12.3. The van der Waals surface area contributed by atoms with Gasteiger partial charge < -0.3 is 10.0 Å². The van der Waals surface area contributed by atoms with E-state index in [1.165, 1.54) is 0 Å². The van der Waals surface area contributed by atoms with E-state index in [-0.39, 0.29) is 5.91 Å². The van der Waals surface area contributed by atoms with Crippen LogP contribution < -0.4 is 0 Å². The fourth-order valence-electron chi connectivity index (χ4n) is 2.25. The van der Waals surface area contributed by atoms with Gasteiger partial charge in [-0.3, -0.25) is 9.48 Å². The third kappa shape index (κ3) is 2.14. The Labute approximate surface area is 107 Å². The number of β-amino-alcohol motifs (C(OH)–C–C–N with tert-alkyl or cyclic N) is 1. The minimum Gasteiger partial charge on any atom is -0.386 e. The van der Waals surface area contributed by atoms with Gasteiger partial charge in [-0.25, -0.2) is 0 Å². The van der Waals surface area contributed by atoms with Crippen molar-refractivity contribution in [2.24, 2.45) is 0 Å². The van der Waals surface area contributed by atoms with E-state index in [0.29, 0.717) is 31.7 Å². The number of hydrogen-bond donors (Lipinski definition) is 1. The van der Waals surface area contributed by atoms with Crippen molar-refractivity contribution in [2.45, 2.75) is 45.8 Å². The smallest absolute Gasteiger partial charge is 0.272 e. The molecule has 2 rings (SSSR count). The Hall–Kier alpha value is -1.36. The first kappa shape index (κ1) is 13.1. The zero-order chi connectivity index (χ0) is 13.3. The minimum absolute atomic E-state index is 0.0258. The van der Waals surface area contributed by atoms with Gasteiger partial charge in [-0.2, -0.15) is 5.10 Å². The summed E-state index contributed by atoms with van der Waals surface area (Å²) >= 11 is 0. The van der Waals surface area contributed by atoms with Gasteiger partial charge in [0.1, 0.15) is 5.69 Å². The van der Waals surface area contributed by atoms with Gasteiger partial charge in [0.2, 0.25) is 0 Å². The van der Waals surface area contributed by atoms with Crippen LogP contribution in [0.3, 0.4) is 0 Å². The maximum Gasteiger partial charge on any atom is 0.272 e. The quantitative estimate of drug-likeness (QED) is 0.870. The number of aryl methyl sites for hydroxylation is 2. The third-order valence-corrected chi connectivity index (χ3v) is 3.63. The fraction of sp³-hybridized carbons (Fsp3) is 0.692. The fourth-order valence-corrected chi connectivity index (χ4v) is 2.25. The summed E-state index contributed by atoms with van der Waals surface area (Å²) in [6.45, 7) is 7.48. The van der Waals surface area contributed by atoms with Gasteiger partial charge in [-0.15, -0.1) is 0 Å². The molecule has 0 spiro atoms. The lowest BCUT2D eigenvalue weighted by molar-refractivity contribution is -0.0829. The van der Waals surface area contributed by atoms with E-state index in [2.05, 4.69) is 5.10 Å². The number of aliphatic hydroxyl groups is 1. The summed E-state index contributed by atoms with van der Waals surface area (Å²) in [6.07, 6.45) is 1.51. The molecule has 0 saturated carbocycles. The van der Waals surface area contributed by atoms with Gasteiger partial charge >= 0.3 is 0 Å². The number of carbonyl (C=O) groups is 1. The zero-order valence-electron chi connectivity index (χ0n) is 11.3. The van der Waals surface area contributed by atoms with Crippen molar-refractivity contribution >= 4 is 5.91 Å². The summed E-state index contributed by atoms with van der Waals surface area (Å²) in [7, 11) is 0. The van der Waals surface area contributed by atoms with E-state index in [0.717, 1.165) is 12.1 Å². The van der Waals surface area contributed by atoms with Crippen molar-refractivity contribution in [2.75, 3.05) is 13.1 Å². The molecule has 2 heterocycles. The molecule has 1 aliphatic rings. The number of nitrogens with zero attached hydrogens (tertiary/aromatic N) is 3. The highest BCUT2D eigenvalue weighted by molar-refractivity contribution is 5.93. The molecule has 1 aromatic rings. The Balaban J connectivity index is 2.13. The van der Waals surface area contributed by atoms with Gasteiger partial charge in [0.05, 0.1) is 24.4 Å². The van der Waals surface area contributed by atoms with Crippen molar-refractivity contribution in [3.63, 3.8) is 0 Å². The lowest BCUT2D eigenvalue weighted by Crippen LogP contribution is -2.63. The Morgan fingerprint density at radius 1 is 1.44 bits per heavy atom. The summed E-state index contributed by atoms with van der Waals surface area (Å²) in [5.41, 5.74) is 0.888. The number of hydrogen-bond acceptors (Lipinski definition) is 3. The predicted octanol–water partition coefficient (Wildman–Crippen LogP) is 1.06. The number of carbonyl (C=O) groups excluding carboxylic acids is 1. The molecule has 100 valence electrons. The second kappa shape index (κ2) is 4.72. The number of rotatable bonds is 4. The second-order valence-corrected chi connectivity index (χ2v) is 4.93. The van der Waals surface area contributed by atoms with Crippen LogP contribution in [0.5, 0.6) is 0 Å². The van der Waals surface area contributed by atoms with E-state index in [1.807, 2.05) is 26.8 Å². The largest absolute Gasteiger partial charge is 0.386 e. The summed E-state index contributed by atoms with van der Waals surface area (Å²) in [4.78, 5) is 14.0. The Morgan fingerprint density at radius 2 is 2.11 bits per heavy atom. The predicted molar refractivity (Wildman–Crippen MR) is 68.4 cm³/mol. The lowest BCUT2D eigenvalue weighted by atomic mass is 9.91. The monoisotopic (exact) mass is 251 g/mol. The van der Waals surface area contributed by atoms with Crippen LogP contribution >= 0.6 is 0 Å². The standard InChI is InChI=1S/C13H21N3O2/c1-4-10-7-11(16(6-3)14-10)12(17)15-8-13(18,5-2)9-15/h7,18H,4-6,8-9H2,1-3H3. The molecule has 1 aliphatic heterocycles. The van der Waals surface area contributed by atoms with Crippen LogP contribution in [0, 0.1) is 0 Å². The minimum atomic E-state index is -0.680. The number of amides is 1. The van der Waals surface area contributed by atoms with Crippen molar-refractivity contribution in [3.8, 4) is 0 Å². The first-order chi connectivity index (χ1) is 8.53. The molecule has 1 saturated heterocycles. The van der Waals surface area contributed by atoms with Gasteiger partial charge in [0, 0.05) is 6.54 Å². The van der Waals surface area contributed by atoms with Crippen LogP contribution in [0.15, 0.2) is 6.07 Å². The first-order valence-corrected chi connectivity index (χ1v) is 6.61. The van der Waals surface area contributed by atoms with Crippen molar-refractivity contribution in [1.82, 2.24) is 14.7 Å². The molecule has 18 heavy (non-hydrogen) atoms. The molecule has 5 heteroatoms. The molecular weight excluding hydrogens is 230 g/mol. The zero-order valence-corrected chi connectivity index (χ0v) is 11.3. The molecule has 1 fully saturated rings. The van der Waals surface area contributed by atoms with E-state index in [9.17, 15) is 9.90 Å². The molecule has 0 unspecified atom stereocenters. The molecule has 5 nitrogen and oxygen atoms in total. The molecular formula is C13H21N3O2. The average molecular weight is 251 g/mol. The highest BCUT2D eigenvalue weighted by Crippen LogP contribution is 2.25. The molecule has 0 aromatic carbocycles. The highest BCUT2D eigenvalue weighted by atomic mass is 16.3. The highest BCUT2D eigenvalue weighted by Gasteiger charge is 2.42. The molecule has 1 amide bonds. The topological polar surface area (TPSA) is 58.4 Å². The van der Waals surface area contributed by atoms with Crippen molar-refractivity contribution < 1.29 is 9.90 Å². The van der Waals surface area contributed by atoms with Crippen LogP contribution in [0.4, 0.5) is 0 Å². The average Bonchev–Trinajstić information content (AvgIpc) is 2.77. The molecule has 0 atom stereocenters.